The molecule has 3 rings (SSSR count). The van der Waals surface area contributed by atoms with E-state index in [0.29, 0.717) is 13.1 Å². The van der Waals surface area contributed by atoms with Crippen LogP contribution in [0, 0.1) is 12.7 Å². The number of alkyl halides is 3. The molecule has 1 saturated heterocycles. The highest BCUT2D eigenvalue weighted by molar-refractivity contribution is 5.85. The van der Waals surface area contributed by atoms with Crippen LogP contribution in [-0.4, -0.2) is 25.6 Å². The molecule has 1 aliphatic heterocycles. The van der Waals surface area contributed by atoms with E-state index in [9.17, 15) is 17.6 Å². The SMILES string of the molecule is Cc1ccc(-c2ccc(OC3CNC3)c(OC(F)(F)F)c2)c(F)c1.Cl. The molecular weight excluding hydrogens is 362 g/mol. The summed E-state index contributed by atoms with van der Waals surface area (Å²) in [5.74, 6) is -1.01. The Hall–Kier alpha value is -1.99. The van der Waals surface area contributed by atoms with Crippen LogP contribution in [0.15, 0.2) is 36.4 Å². The minimum absolute atomic E-state index is 0. The number of nitrogens with one attached hydrogen (secondary N) is 1. The van der Waals surface area contributed by atoms with Gasteiger partial charge in [-0.3, -0.25) is 0 Å². The van der Waals surface area contributed by atoms with Crippen LogP contribution in [-0.2, 0) is 0 Å². The second-order valence-corrected chi connectivity index (χ2v) is 5.59. The van der Waals surface area contributed by atoms with Crippen LogP contribution in [0.5, 0.6) is 11.5 Å². The third-order valence-electron chi connectivity index (χ3n) is 3.64. The lowest BCUT2D eigenvalue weighted by Crippen LogP contribution is -2.50. The number of benzene rings is 2. The van der Waals surface area contributed by atoms with E-state index >= 15 is 0 Å². The first kappa shape index (κ1) is 19.3. The van der Waals surface area contributed by atoms with Crippen molar-refractivity contribution in [2.24, 2.45) is 0 Å². The normalized spacial score (nSPS) is 14.4. The maximum absolute atomic E-state index is 14.1. The van der Waals surface area contributed by atoms with Gasteiger partial charge >= 0.3 is 6.36 Å². The molecule has 1 fully saturated rings. The predicted molar refractivity (Wildman–Crippen MR) is 87.8 cm³/mol. The fourth-order valence-corrected chi connectivity index (χ4v) is 2.36. The Bertz CT molecular complexity index is 748. The molecule has 25 heavy (non-hydrogen) atoms. The molecule has 0 bridgehead atoms. The van der Waals surface area contributed by atoms with Crippen LogP contribution < -0.4 is 14.8 Å². The van der Waals surface area contributed by atoms with Gasteiger partial charge in [-0.05, 0) is 36.2 Å². The molecule has 2 aromatic carbocycles. The fourth-order valence-electron chi connectivity index (χ4n) is 2.36. The molecule has 0 aliphatic carbocycles. The van der Waals surface area contributed by atoms with Crippen LogP contribution in [0.3, 0.4) is 0 Å². The van der Waals surface area contributed by atoms with Crippen LogP contribution in [0.2, 0.25) is 0 Å². The molecule has 0 atom stereocenters. The highest BCUT2D eigenvalue weighted by Crippen LogP contribution is 2.37. The van der Waals surface area contributed by atoms with Gasteiger partial charge in [0.15, 0.2) is 11.5 Å². The van der Waals surface area contributed by atoms with Crippen LogP contribution in [0.1, 0.15) is 5.56 Å². The lowest BCUT2D eigenvalue weighted by atomic mass is 10.0. The summed E-state index contributed by atoms with van der Waals surface area (Å²) >= 11 is 0. The van der Waals surface area contributed by atoms with Gasteiger partial charge in [0.05, 0.1) is 0 Å². The molecule has 0 spiro atoms. The fraction of sp³-hybridized carbons (Fsp3) is 0.294. The van der Waals surface area contributed by atoms with Crippen molar-refractivity contribution in [3.63, 3.8) is 0 Å². The summed E-state index contributed by atoms with van der Waals surface area (Å²) in [4.78, 5) is 0. The third kappa shape index (κ3) is 4.76. The van der Waals surface area contributed by atoms with Crippen molar-refractivity contribution >= 4 is 12.4 Å². The number of rotatable bonds is 4. The van der Waals surface area contributed by atoms with Crippen molar-refractivity contribution < 1.29 is 27.0 Å². The summed E-state index contributed by atoms with van der Waals surface area (Å²) < 4.78 is 61.6. The first-order chi connectivity index (χ1) is 11.3. The first-order valence-corrected chi connectivity index (χ1v) is 7.35. The second-order valence-electron chi connectivity index (χ2n) is 5.59. The third-order valence-corrected chi connectivity index (χ3v) is 3.64. The maximum Gasteiger partial charge on any atom is 0.573 e. The molecule has 0 saturated carbocycles. The van der Waals surface area contributed by atoms with Gasteiger partial charge in [0.1, 0.15) is 11.9 Å². The van der Waals surface area contributed by atoms with Crippen molar-refractivity contribution in [3.05, 3.63) is 47.8 Å². The van der Waals surface area contributed by atoms with Crippen molar-refractivity contribution in [2.45, 2.75) is 19.4 Å². The number of halogens is 5. The van der Waals surface area contributed by atoms with E-state index in [0.717, 1.165) is 11.6 Å². The van der Waals surface area contributed by atoms with Gasteiger partial charge in [0.25, 0.3) is 0 Å². The van der Waals surface area contributed by atoms with Gasteiger partial charge in [0, 0.05) is 18.7 Å². The predicted octanol–water partition coefficient (Wildman–Crippen LogP) is 4.47. The van der Waals surface area contributed by atoms with E-state index in [4.69, 9.17) is 4.74 Å². The zero-order chi connectivity index (χ0) is 17.3. The molecule has 0 unspecified atom stereocenters. The first-order valence-electron chi connectivity index (χ1n) is 7.35. The Balaban J connectivity index is 0.00000225. The molecule has 8 heteroatoms. The average molecular weight is 378 g/mol. The minimum Gasteiger partial charge on any atom is -0.484 e. The maximum atomic E-state index is 14.1. The number of aryl methyl sites for hydroxylation is 1. The minimum atomic E-state index is -4.86. The Morgan fingerprint density at radius 3 is 2.32 bits per heavy atom. The van der Waals surface area contributed by atoms with Crippen LogP contribution in [0.4, 0.5) is 17.6 Å². The van der Waals surface area contributed by atoms with Crippen molar-refractivity contribution in [1.82, 2.24) is 5.32 Å². The Labute approximate surface area is 148 Å². The van der Waals surface area contributed by atoms with Gasteiger partial charge in [-0.15, -0.1) is 25.6 Å². The van der Waals surface area contributed by atoms with Crippen molar-refractivity contribution in [1.29, 1.82) is 0 Å². The summed E-state index contributed by atoms with van der Waals surface area (Å²) in [6.45, 7) is 2.84. The monoisotopic (exact) mass is 377 g/mol. The summed E-state index contributed by atoms with van der Waals surface area (Å²) in [5.41, 5.74) is 1.20. The van der Waals surface area contributed by atoms with Crippen LogP contribution >= 0.6 is 12.4 Å². The summed E-state index contributed by atoms with van der Waals surface area (Å²) in [5, 5.41) is 2.96. The smallest absolute Gasteiger partial charge is 0.484 e. The molecule has 0 radical (unpaired) electrons. The van der Waals surface area contributed by atoms with E-state index in [-0.39, 0.29) is 35.4 Å². The second kappa shape index (κ2) is 7.49. The molecular formula is C17H16ClF4NO2. The van der Waals surface area contributed by atoms with E-state index in [1.165, 1.54) is 24.3 Å². The number of ether oxygens (including phenoxy) is 2. The van der Waals surface area contributed by atoms with Gasteiger partial charge < -0.3 is 14.8 Å². The topological polar surface area (TPSA) is 30.5 Å². The van der Waals surface area contributed by atoms with E-state index < -0.39 is 17.9 Å². The molecule has 0 amide bonds. The lowest BCUT2D eigenvalue weighted by Gasteiger charge is -2.28. The molecule has 1 aliphatic rings. The van der Waals surface area contributed by atoms with Crippen LogP contribution in [0.25, 0.3) is 11.1 Å². The molecule has 1 heterocycles. The highest BCUT2D eigenvalue weighted by Gasteiger charge is 2.33. The standard InChI is InChI=1S/C17H15F4NO2.ClH/c1-10-2-4-13(14(18)6-10)11-3-5-15(23-12-8-22-9-12)16(7-11)24-17(19,20)21;/h2-7,12,22H,8-9H2,1H3;1H. The van der Waals surface area contributed by atoms with E-state index in [1.54, 1.807) is 13.0 Å². The highest BCUT2D eigenvalue weighted by atomic mass is 35.5. The van der Waals surface area contributed by atoms with E-state index in [1.807, 2.05) is 0 Å². The molecule has 2 aromatic rings. The number of hydrogen-bond donors (Lipinski definition) is 1. The summed E-state index contributed by atoms with van der Waals surface area (Å²) in [6, 6.07) is 8.56. The quantitative estimate of drug-likeness (QED) is 0.797. The summed E-state index contributed by atoms with van der Waals surface area (Å²) in [7, 11) is 0. The van der Waals surface area contributed by atoms with E-state index in [2.05, 4.69) is 10.1 Å². The van der Waals surface area contributed by atoms with Gasteiger partial charge in [-0.1, -0.05) is 18.2 Å². The largest absolute Gasteiger partial charge is 0.573 e. The van der Waals surface area contributed by atoms with Gasteiger partial charge in [-0.2, -0.15) is 0 Å². The molecule has 1 N–H and O–H groups in total. The molecule has 0 aromatic heterocycles. The van der Waals surface area contributed by atoms with Crippen molar-refractivity contribution in [3.8, 4) is 22.6 Å². The number of hydrogen-bond acceptors (Lipinski definition) is 3. The Morgan fingerprint density at radius 1 is 1.04 bits per heavy atom. The Kier molecular flexibility index (Phi) is 5.80. The lowest BCUT2D eigenvalue weighted by molar-refractivity contribution is -0.275. The van der Waals surface area contributed by atoms with Gasteiger partial charge in [-0.25, -0.2) is 4.39 Å². The van der Waals surface area contributed by atoms with Gasteiger partial charge in [0.2, 0.25) is 0 Å². The average Bonchev–Trinajstić information content (AvgIpc) is 2.42. The molecule has 136 valence electrons. The zero-order valence-corrected chi connectivity index (χ0v) is 14.0. The Morgan fingerprint density at radius 2 is 1.76 bits per heavy atom. The summed E-state index contributed by atoms with van der Waals surface area (Å²) in [6.07, 6.45) is -5.07. The zero-order valence-electron chi connectivity index (χ0n) is 13.2. The molecule has 3 nitrogen and oxygen atoms in total. The van der Waals surface area contributed by atoms with Crippen molar-refractivity contribution in [2.75, 3.05) is 13.1 Å².